The average molecular weight is 136 g/mol. The van der Waals surface area contributed by atoms with Crippen molar-refractivity contribution in [2.75, 3.05) is 13.2 Å². The second-order valence-corrected chi connectivity index (χ2v) is 3.83. The van der Waals surface area contributed by atoms with E-state index < -0.39 is 0 Å². The second kappa shape index (κ2) is 1.65. The molecule has 2 fully saturated rings. The van der Waals surface area contributed by atoms with Gasteiger partial charge in [0.25, 0.3) is 0 Å². The molecule has 0 N–H and O–H groups in total. The van der Waals surface area contributed by atoms with Gasteiger partial charge in [0.05, 0.1) is 0 Å². The number of allylic oxidation sites excluding steroid dienone is 2. The van der Waals surface area contributed by atoms with Crippen LogP contribution in [0, 0.1) is 23.7 Å². The zero-order chi connectivity index (χ0) is 6.55. The van der Waals surface area contributed by atoms with E-state index in [0.717, 1.165) is 36.9 Å². The molecule has 3 rings (SSSR count). The first-order chi connectivity index (χ1) is 4.95. The van der Waals surface area contributed by atoms with Gasteiger partial charge >= 0.3 is 0 Å². The summed E-state index contributed by atoms with van der Waals surface area (Å²) < 4.78 is 5.50. The summed E-state index contributed by atoms with van der Waals surface area (Å²) in [6.07, 6.45) is 6.19. The summed E-state index contributed by atoms with van der Waals surface area (Å²) in [6, 6.07) is 0. The van der Waals surface area contributed by atoms with Crippen LogP contribution in [0.5, 0.6) is 0 Å². The van der Waals surface area contributed by atoms with E-state index in [9.17, 15) is 0 Å². The number of hydrogen-bond acceptors (Lipinski definition) is 1. The summed E-state index contributed by atoms with van der Waals surface area (Å²) >= 11 is 0. The maximum Gasteiger partial charge on any atom is 0.0500 e. The van der Waals surface area contributed by atoms with Crippen molar-refractivity contribution in [1.29, 1.82) is 0 Å². The lowest BCUT2D eigenvalue weighted by molar-refractivity contribution is 0.0430. The number of hydrogen-bond donors (Lipinski definition) is 0. The molecule has 0 aromatic rings. The third-order valence-electron chi connectivity index (χ3n) is 3.36. The van der Waals surface area contributed by atoms with Crippen LogP contribution in [-0.2, 0) is 4.74 Å². The van der Waals surface area contributed by atoms with E-state index in [-0.39, 0.29) is 0 Å². The minimum absolute atomic E-state index is 0.883. The van der Waals surface area contributed by atoms with E-state index in [1.165, 1.54) is 6.42 Å². The van der Waals surface area contributed by atoms with Gasteiger partial charge in [-0.1, -0.05) is 12.2 Å². The van der Waals surface area contributed by atoms with Gasteiger partial charge in [0.15, 0.2) is 0 Å². The highest BCUT2D eigenvalue weighted by Crippen LogP contribution is 2.50. The molecule has 4 unspecified atom stereocenters. The molecule has 1 saturated carbocycles. The molecule has 0 radical (unpaired) electrons. The van der Waals surface area contributed by atoms with E-state index in [0.29, 0.717) is 0 Å². The van der Waals surface area contributed by atoms with E-state index >= 15 is 0 Å². The summed E-state index contributed by atoms with van der Waals surface area (Å²) in [6.45, 7) is 2.06. The summed E-state index contributed by atoms with van der Waals surface area (Å²) in [5.74, 6) is 3.59. The molecule has 1 heterocycles. The van der Waals surface area contributed by atoms with Crippen LogP contribution in [0.3, 0.4) is 0 Å². The summed E-state index contributed by atoms with van der Waals surface area (Å²) in [4.78, 5) is 0. The SMILES string of the molecule is C1=CC2C3COCC(C3)C12. The molecule has 2 bridgehead atoms. The van der Waals surface area contributed by atoms with Gasteiger partial charge in [0.2, 0.25) is 0 Å². The molecule has 10 heavy (non-hydrogen) atoms. The van der Waals surface area contributed by atoms with Gasteiger partial charge in [-0.25, -0.2) is 0 Å². The molecule has 0 spiro atoms. The Morgan fingerprint density at radius 3 is 2.10 bits per heavy atom. The molecule has 54 valence electrons. The van der Waals surface area contributed by atoms with Gasteiger partial charge in [0, 0.05) is 13.2 Å². The molecule has 2 aliphatic carbocycles. The number of rotatable bonds is 0. The Morgan fingerprint density at radius 2 is 1.60 bits per heavy atom. The van der Waals surface area contributed by atoms with Gasteiger partial charge in [-0.05, 0) is 30.1 Å². The zero-order valence-electron chi connectivity index (χ0n) is 5.99. The zero-order valence-corrected chi connectivity index (χ0v) is 5.99. The smallest absolute Gasteiger partial charge is 0.0500 e. The summed E-state index contributed by atoms with van der Waals surface area (Å²) in [7, 11) is 0. The fraction of sp³-hybridized carbons (Fsp3) is 0.778. The van der Waals surface area contributed by atoms with Crippen LogP contribution in [0.15, 0.2) is 12.2 Å². The van der Waals surface area contributed by atoms with Crippen molar-refractivity contribution in [1.82, 2.24) is 0 Å². The Balaban J connectivity index is 1.95. The molecule has 0 amide bonds. The van der Waals surface area contributed by atoms with E-state index in [1.54, 1.807) is 0 Å². The van der Waals surface area contributed by atoms with Crippen molar-refractivity contribution in [3.8, 4) is 0 Å². The third-order valence-corrected chi connectivity index (χ3v) is 3.36. The number of fused-ring (bicyclic) bond motifs is 5. The van der Waals surface area contributed by atoms with Gasteiger partial charge in [-0.3, -0.25) is 0 Å². The van der Waals surface area contributed by atoms with Crippen LogP contribution < -0.4 is 0 Å². The van der Waals surface area contributed by atoms with E-state index in [1.807, 2.05) is 0 Å². The van der Waals surface area contributed by atoms with E-state index in [4.69, 9.17) is 4.74 Å². The molecule has 1 nitrogen and oxygen atoms in total. The van der Waals surface area contributed by atoms with Crippen LogP contribution in [-0.4, -0.2) is 13.2 Å². The largest absolute Gasteiger partial charge is 0.381 e. The van der Waals surface area contributed by atoms with Gasteiger partial charge in [-0.15, -0.1) is 0 Å². The van der Waals surface area contributed by atoms with Crippen LogP contribution in [0.4, 0.5) is 0 Å². The topological polar surface area (TPSA) is 9.23 Å². The predicted octanol–water partition coefficient (Wildman–Crippen LogP) is 1.45. The third kappa shape index (κ3) is 0.485. The predicted molar refractivity (Wildman–Crippen MR) is 38.5 cm³/mol. The lowest BCUT2D eigenvalue weighted by Gasteiger charge is -2.25. The van der Waals surface area contributed by atoms with Crippen molar-refractivity contribution in [3.63, 3.8) is 0 Å². The normalized spacial score (nSPS) is 56.0. The first kappa shape index (κ1) is 5.36. The van der Waals surface area contributed by atoms with Crippen LogP contribution >= 0.6 is 0 Å². The first-order valence-corrected chi connectivity index (χ1v) is 4.21. The van der Waals surface area contributed by atoms with Crippen molar-refractivity contribution in [3.05, 3.63) is 12.2 Å². The summed E-state index contributed by atoms with van der Waals surface area (Å²) in [5, 5.41) is 0. The monoisotopic (exact) mass is 136 g/mol. The Bertz CT molecular complexity index is 167. The molecule has 4 atom stereocenters. The first-order valence-electron chi connectivity index (χ1n) is 4.21. The maximum absolute atomic E-state index is 5.50. The van der Waals surface area contributed by atoms with Crippen molar-refractivity contribution in [2.45, 2.75) is 6.42 Å². The molecular formula is C9H12O. The highest BCUT2D eigenvalue weighted by Gasteiger charge is 2.46. The van der Waals surface area contributed by atoms with Gasteiger partial charge in [0.1, 0.15) is 0 Å². The van der Waals surface area contributed by atoms with Crippen LogP contribution in [0.25, 0.3) is 0 Å². The lowest BCUT2D eigenvalue weighted by atomic mass is 9.79. The number of ether oxygens (including phenoxy) is 1. The van der Waals surface area contributed by atoms with Crippen LogP contribution in [0.2, 0.25) is 0 Å². The molecule has 0 aromatic carbocycles. The summed E-state index contributed by atoms with van der Waals surface area (Å²) in [5.41, 5.74) is 0. The molecule has 3 aliphatic rings. The minimum Gasteiger partial charge on any atom is -0.381 e. The Labute approximate surface area is 61.1 Å². The molecule has 1 heteroatoms. The van der Waals surface area contributed by atoms with Gasteiger partial charge < -0.3 is 4.74 Å². The molecule has 1 saturated heterocycles. The quantitative estimate of drug-likeness (QED) is 0.458. The fourth-order valence-corrected chi connectivity index (χ4v) is 2.74. The highest BCUT2D eigenvalue weighted by atomic mass is 16.5. The van der Waals surface area contributed by atoms with Crippen molar-refractivity contribution in [2.24, 2.45) is 23.7 Å². The second-order valence-electron chi connectivity index (χ2n) is 3.83. The Hall–Kier alpha value is -0.300. The highest BCUT2D eigenvalue weighted by molar-refractivity contribution is 5.17. The molecular weight excluding hydrogens is 124 g/mol. The van der Waals surface area contributed by atoms with E-state index in [2.05, 4.69) is 12.2 Å². The Morgan fingerprint density at radius 1 is 1.00 bits per heavy atom. The van der Waals surface area contributed by atoms with Crippen molar-refractivity contribution < 1.29 is 4.74 Å². The fourth-order valence-electron chi connectivity index (χ4n) is 2.74. The lowest BCUT2D eigenvalue weighted by Crippen LogP contribution is -2.20. The van der Waals surface area contributed by atoms with Crippen LogP contribution in [0.1, 0.15) is 6.42 Å². The minimum atomic E-state index is 0.883. The Kier molecular flexibility index (Phi) is 0.883. The molecule has 1 aliphatic heterocycles. The van der Waals surface area contributed by atoms with Crippen molar-refractivity contribution >= 4 is 0 Å². The van der Waals surface area contributed by atoms with Gasteiger partial charge in [-0.2, -0.15) is 0 Å². The standard InChI is InChI=1S/C9H12O/c1-2-9-7-3-6(8(1)9)4-10-5-7/h1-2,6-9H,3-5H2. The average Bonchev–Trinajstić information content (AvgIpc) is 1.99. The molecule has 0 aromatic heterocycles. The maximum atomic E-state index is 5.50.